The second-order valence-corrected chi connectivity index (χ2v) is 5.04. The Bertz CT molecular complexity index is 971. The van der Waals surface area contributed by atoms with E-state index in [-0.39, 0.29) is 16.9 Å². The molecule has 0 aliphatic carbocycles. The van der Waals surface area contributed by atoms with Gasteiger partial charge in [-0.3, -0.25) is 9.78 Å². The molecule has 2 heterocycles. The molecule has 23 heavy (non-hydrogen) atoms. The van der Waals surface area contributed by atoms with Gasteiger partial charge in [-0.05, 0) is 48.9 Å². The van der Waals surface area contributed by atoms with Gasteiger partial charge in [-0.2, -0.15) is 0 Å². The Morgan fingerprint density at radius 1 is 1.26 bits per heavy atom. The molecule has 0 aliphatic heterocycles. The van der Waals surface area contributed by atoms with E-state index in [2.05, 4.69) is 4.98 Å². The second kappa shape index (κ2) is 5.88. The predicted molar refractivity (Wildman–Crippen MR) is 86.5 cm³/mol. The fourth-order valence-corrected chi connectivity index (χ4v) is 2.33. The minimum Gasteiger partial charge on any atom is -0.507 e. The standard InChI is InChI=1S/C18H13NO4/c1-11-10-16(22)23-18-13(11)6-8-15(21)17(18)14(20)7-5-12-4-2-3-9-19-12/h2-10,21H,1H3. The fraction of sp³-hybridized carbons (Fsp3) is 0.0556. The molecule has 0 fully saturated rings. The first-order chi connectivity index (χ1) is 11.1. The van der Waals surface area contributed by atoms with Crippen LogP contribution in [0.4, 0.5) is 0 Å². The van der Waals surface area contributed by atoms with Crippen molar-refractivity contribution in [2.75, 3.05) is 0 Å². The Kier molecular flexibility index (Phi) is 3.76. The van der Waals surface area contributed by atoms with E-state index in [1.54, 1.807) is 37.4 Å². The lowest BCUT2D eigenvalue weighted by Crippen LogP contribution is -2.03. The molecule has 114 valence electrons. The average Bonchev–Trinajstić information content (AvgIpc) is 2.53. The summed E-state index contributed by atoms with van der Waals surface area (Å²) in [5.41, 5.74) is 0.779. The first-order valence-corrected chi connectivity index (χ1v) is 6.96. The number of allylic oxidation sites excluding steroid dienone is 1. The number of rotatable bonds is 3. The molecular formula is C18H13NO4. The largest absolute Gasteiger partial charge is 0.507 e. The van der Waals surface area contributed by atoms with Crippen LogP contribution in [0, 0.1) is 6.92 Å². The molecule has 0 unspecified atom stereocenters. The molecule has 0 amide bonds. The summed E-state index contributed by atoms with van der Waals surface area (Å²) in [4.78, 5) is 28.1. The minimum atomic E-state index is -0.566. The topological polar surface area (TPSA) is 80.4 Å². The number of aryl methyl sites for hydroxylation is 1. The number of ketones is 1. The van der Waals surface area contributed by atoms with Crippen molar-refractivity contribution < 1.29 is 14.3 Å². The third kappa shape index (κ3) is 2.89. The zero-order chi connectivity index (χ0) is 16.4. The molecule has 3 rings (SSSR count). The van der Waals surface area contributed by atoms with Gasteiger partial charge in [0, 0.05) is 17.6 Å². The maximum Gasteiger partial charge on any atom is 0.336 e. The summed E-state index contributed by atoms with van der Waals surface area (Å²) in [6.07, 6.45) is 4.44. The summed E-state index contributed by atoms with van der Waals surface area (Å²) in [5, 5.41) is 10.6. The van der Waals surface area contributed by atoms with Gasteiger partial charge in [0.05, 0.1) is 5.69 Å². The molecule has 0 bridgehead atoms. The number of nitrogens with zero attached hydrogens (tertiary/aromatic N) is 1. The normalized spacial score (nSPS) is 11.2. The Morgan fingerprint density at radius 2 is 2.09 bits per heavy atom. The van der Waals surface area contributed by atoms with Crippen LogP contribution in [0.5, 0.6) is 5.75 Å². The van der Waals surface area contributed by atoms with Crippen molar-refractivity contribution in [2.24, 2.45) is 0 Å². The Labute approximate surface area is 131 Å². The molecule has 5 heteroatoms. The van der Waals surface area contributed by atoms with E-state index in [0.717, 1.165) is 0 Å². The number of pyridine rings is 1. The van der Waals surface area contributed by atoms with Crippen LogP contribution in [0.3, 0.4) is 0 Å². The van der Waals surface area contributed by atoms with E-state index >= 15 is 0 Å². The van der Waals surface area contributed by atoms with Gasteiger partial charge in [0.25, 0.3) is 0 Å². The molecule has 1 N–H and O–H groups in total. The summed E-state index contributed by atoms with van der Waals surface area (Å²) < 4.78 is 5.14. The molecule has 0 saturated heterocycles. The van der Waals surface area contributed by atoms with Crippen LogP contribution in [0.2, 0.25) is 0 Å². The van der Waals surface area contributed by atoms with Crippen molar-refractivity contribution in [3.8, 4) is 5.75 Å². The number of phenolic OH excluding ortho intramolecular Hbond substituents is 1. The highest BCUT2D eigenvalue weighted by molar-refractivity contribution is 6.15. The molecule has 0 atom stereocenters. The number of hydrogen-bond donors (Lipinski definition) is 1. The highest BCUT2D eigenvalue weighted by Crippen LogP contribution is 2.28. The van der Waals surface area contributed by atoms with Gasteiger partial charge in [0.1, 0.15) is 11.3 Å². The van der Waals surface area contributed by atoms with E-state index < -0.39 is 11.4 Å². The van der Waals surface area contributed by atoms with Gasteiger partial charge < -0.3 is 9.52 Å². The Morgan fingerprint density at radius 3 is 2.83 bits per heavy atom. The first kappa shape index (κ1) is 14.7. The van der Waals surface area contributed by atoms with Gasteiger partial charge in [-0.1, -0.05) is 6.07 Å². The van der Waals surface area contributed by atoms with Crippen LogP contribution in [0.25, 0.3) is 17.0 Å². The third-order valence-electron chi connectivity index (χ3n) is 3.44. The van der Waals surface area contributed by atoms with Crippen LogP contribution in [-0.4, -0.2) is 15.9 Å². The van der Waals surface area contributed by atoms with Crippen molar-refractivity contribution >= 4 is 22.8 Å². The molecule has 0 aliphatic rings. The summed E-state index contributed by atoms with van der Waals surface area (Å²) in [7, 11) is 0. The van der Waals surface area contributed by atoms with Crippen molar-refractivity contribution in [3.05, 3.63) is 75.9 Å². The van der Waals surface area contributed by atoms with Crippen LogP contribution in [0.1, 0.15) is 21.6 Å². The predicted octanol–water partition coefficient (Wildman–Crippen LogP) is 3.10. The number of carbonyl (C=O) groups excluding carboxylic acids is 1. The molecule has 0 radical (unpaired) electrons. The highest BCUT2D eigenvalue weighted by atomic mass is 16.4. The summed E-state index contributed by atoms with van der Waals surface area (Å²) in [6, 6.07) is 9.69. The van der Waals surface area contributed by atoms with Gasteiger partial charge in [0.2, 0.25) is 0 Å². The summed E-state index contributed by atoms with van der Waals surface area (Å²) in [5.74, 6) is -0.700. The molecule has 3 aromatic rings. The fourth-order valence-electron chi connectivity index (χ4n) is 2.33. The Hall–Kier alpha value is -3.21. The van der Waals surface area contributed by atoms with Crippen LogP contribution in [0.15, 0.2) is 57.9 Å². The quantitative estimate of drug-likeness (QED) is 0.457. The summed E-state index contributed by atoms with van der Waals surface area (Å²) in [6.45, 7) is 1.74. The number of aromatic nitrogens is 1. The maximum absolute atomic E-state index is 12.4. The van der Waals surface area contributed by atoms with E-state index in [1.165, 1.54) is 24.3 Å². The zero-order valence-electron chi connectivity index (χ0n) is 12.3. The van der Waals surface area contributed by atoms with E-state index in [0.29, 0.717) is 16.6 Å². The third-order valence-corrected chi connectivity index (χ3v) is 3.44. The van der Waals surface area contributed by atoms with Crippen LogP contribution in [-0.2, 0) is 0 Å². The van der Waals surface area contributed by atoms with E-state index in [1.807, 2.05) is 0 Å². The lowest BCUT2D eigenvalue weighted by atomic mass is 10.0. The van der Waals surface area contributed by atoms with Crippen molar-refractivity contribution in [1.82, 2.24) is 4.98 Å². The second-order valence-electron chi connectivity index (χ2n) is 5.04. The lowest BCUT2D eigenvalue weighted by molar-refractivity contribution is 0.104. The monoisotopic (exact) mass is 307 g/mol. The van der Waals surface area contributed by atoms with Crippen LogP contribution < -0.4 is 5.63 Å². The van der Waals surface area contributed by atoms with Gasteiger partial charge in [0.15, 0.2) is 11.4 Å². The SMILES string of the molecule is Cc1cc(=O)oc2c(C(=O)C=Cc3ccccn3)c(O)ccc12. The number of carbonyl (C=O) groups is 1. The van der Waals surface area contributed by atoms with Gasteiger partial charge in [-0.15, -0.1) is 0 Å². The number of aromatic hydroxyl groups is 1. The smallest absolute Gasteiger partial charge is 0.336 e. The van der Waals surface area contributed by atoms with E-state index in [4.69, 9.17) is 4.42 Å². The summed E-state index contributed by atoms with van der Waals surface area (Å²) >= 11 is 0. The highest BCUT2D eigenvalue weighted by Gasteiger charge is 2.17. The number of hydrogen-bond acceptors (Lipinski definition) is 5. The Balaban J connectivity index is 2.12. The molecule has 1 aromatic carbocycles. The van der Waals surface area contributed by atoms with Gasteiger partial charge in [-0.25, -0.2) is 4.79 Å². The average molecular weight is 307 g/mol. The molecule has 2 aromatic heterocycles. The van der Waals surface area contributed by atoms with Crippen molar-refractivity contribution in [2.45, 2.75) is 6.92 Å². The van der Waals surface area contributed by atoms with Crippen molar-refractivity contribution in [3.63, 3.8) is 0 Å². The molecule has 5 nitrogen and oxygen atoms in total. The van der Waals surface area contributed by atoms with Crippen LogP contribution >= 0.6 is 0 Å². The minimum absolute atomic E-state index is 0.0320. The zero-order valence-corrected chi connectivity index (χ0v) is 12.3. The number of phenols is 1. The molecular weight excluding hydrogens is 294 g/mol. The molecule has 0 saturated carbocycles. The molecule has 0 spiro atoms. The van der Waals surface area contributed by atoms with Gasteiger partial charge >= 0.3 is 5.63 Å². The maximum atomic E-state index is 12.4. The first-order valence-electron chi connectivity index (χ1n) is 6.96. The number of fused-ring (bicyclic) bond motifs is 1. The van der Waals surface area contributed by atoms with Crippen molar-refractivity contribution in [1.29, 1.82) is 0 Å². The lowest BCUT2D eigenvalue weighted by Gasteiger charge is -2.06. The number of benzene rings is 1. The van der Waals surface area contributed by atoms with E-state index in [9.17, 15) is 14.7 Å².